The normalized spacial score (nSPS) is 12.2. The highest BCUT2D eigenvalue weighted by Gasteiger charge is 2.16. The molecule has 1 heterocycles. The number of carbonyl (C=O) groups is 1. The Morgan fingerprint density at radius 1 is 1.44 bits per heavy atom. The minimum atomic E-state index is -0.180. The van der Waals surface area contributed by atoms with E-state index >= 15 is 0 Å². The summed E-state index contributed by atoms with van der Waals surface area (Å²) in [5, 5.41) is 10.7. The van der Waals surface area contributed by atoms with Gasteiger partial charge in [0.25, 0.3) is 5.91 Å². The Balaban J connectivity index is 2.13. The fraction of sp³-hybridized carbons (Fsp3) is 0.250. The van der Waals surface area contributed by atoms with Crippen LogP contribution in [0.5, 0.6) is 0 Å². The average molecular weight is 356 g/mol. The third-order valence-electron chi connectivity index (χ3n) is 2.60. The largest absolute Gasteiger partial charge is 0.342 e. The van der Waals surface area contributed by atoms with Gasteiger partial charge in [0.15, 0.2) is 5.82 Å². The van der Waals surface area contributed by atoms with E-state index in [1.54, 1.807) is 17.0 Å². The van der Waals surface area contributed by atoms with Gasteiger partial charge < -0.3 is 9.88 Å². The molecule has 1 N–H and O–H groups in total. The molecular weight excluding hydrogens is 343 g/mol. The molecule has 0 radical (unpaired) electrons. The van der Waals surface area contributed by atoms with Gasteiger partial charge in [-0.15, -0.1) is 10.2 Å². The number of hydrogen-bond acceptors (Lipinski definition) is 3. The van der Waals surface area contributed by atoms with E-state index in [2.05, 4.69) is 38.1 Å². The van der Waals surface area contributed by atoms with Gasteiger partial charge in [0.1, 0.15) is 6.33 Å². The van der Waals surface area contributed by atoms with Crippen LogP contribution in [0.1, 0.15) is 29.1 Å². The number of halogens is 1. The quantitative estimate of drug-likeness (QED) is 0.855. The van der Waals surface area contributed by atoms with Gasteiger partial charge in [0.2, 0.25) is 0 Å². The Morgan fingerprint density at radius 3 is 2.78 bits per heavy atom. The lowest BCUT2D eigenvalue weighted by Crippen LogP contribution is -2.28. The minimum absolute atomic E-state index is 0.101. The molecule has 5 nitrogen and oxygen atoms in total. The fourth-order valence-electron chi connectivity index (χ4n) is 1.67. The van der Waals surface area contributed by atoms with Gasteiger partial charge in [-0.1, -0.05) is 12.1 Å². The SMILES string of the molecule is CC(NC(=O)c1ccccc1I)c1nncn1C. The first-order chi connectivity index (χ1) is 8.59. The number of aryl methyl sites for hydroxylation is 1. The highest BCUT2D eigenvalue weighted by Crippen LogP contribution is 2.14. The summed E-state index contributed by atoms with van der Waals surface area (Å²) >= 11 is 2.15. The molecule has 2 rings (SSSR count). The average Bonchev–Trinajstić information content (AvgIpc) is 2.76. The molecule has 6 heteroatoms. The fourth-order valence-corrected chi connectivity index (χ4v) is 2.30. The minimum Gasteiger partial charge on any atom is -0.342 e. The number of aromatic nitrogens is 3. The molecular formula is C12H13IN4O. The second-order valence-electron chi connectivity index (χ2n) is 3.98. The Bertz CT molecular complexity index is 567. The third-order valence-corrected chi connectivity index (χ3v) is 3.54. The summed E-state index contributed by atoms with van der Waals surface area (Å²) in [6, 6.07) is 7.29. The number of hydrogen-bond donors (Lipinski definition) is 1. The van der Waals surface area contributed by atoms with E-state index in [1.165, 1.54) is 0 Å². The zero-order valence-electron chi connectivity index (χ0n) is 10.1. The van der Waals surface area contributed by atoms with Crippen molar-refractivity contribution in [3.8, 4) is 0 Å². The smallest absolute Gasteiger partial charge is 0.252 e. The van der Waals surface area contributed by atoms with Crippen molar-refractivity contribution >= 4 is 28.5 Å². The van der Waals surface area contributed by atoms with Gasteiger partial charge in [-0.2, -0.15) is 0 Å². The van der Waals surface area contributed by atoms with Crippen molar-refractivity contribution in [2.75, 3.05) is 0 Å². The van der Waals surface area contributed by atoms with Crippen molar-refractivity contribution in [3.05, 3.63) is 45.6 Å². The summed E-state index contributed by atoms with van der Waals surface area (Å²) in [6.45, 7) is 1.89. The topological polar surface area (TPSA) is 59.8 Å². The molecule has 18 heavy (non-hydrogen) atoms. The van der Waals surface area contributed by atoms with Crippen LogP contribution < -0.4 is 5.32 Å². The zero-order chi connectivity index (χ0) is 13.1. The van der Waals surface area contributed by atoms with Crippen molar-refractivity contribution < 1.29 is 4.79 Å². The van der Waals surface area contributed by atoms with E-state index in [0.29, 0.717) is 5.56 Å². The predicted molar refractivity (Wildman–Crippen MR) is 76.0 cm³/mol. The molecule has 2 aromatic rings. The van der Waals surface area contributed by atoms with E-state index in [4.69, 9.17) is 0 Å². The second kappa shape index (κ2) is 5.47. The molecule has 1 amide bonds. The van der Waals surface area contributed by atoms with E-state index < -0.39 is 0 Å². The van der Waals surface area contributed by atoms with Crippen LogP contribution in [0.2, 0.25) is 0 Å². The Kier molecular flexibility index (Phi) is 3.95. The maximum atomic E-state index is 12.1. The van der Waals surface area contributed by atoms with Gasteiger partial charge in [-0.05, 0) is 41.6 Å². The van der Waals surface area contributed by atoms with E-state index in [0.717, 1.165) is 9.39 Å². The summed E-state index contributed by atoms with van der Waals surface area (Å²) < 4.78 is 2.72. The number of rotatable bonds is 3. The molecule has 0 aliphatic carbocycles. The van der Waals surface area contributed by atoms with Gasteiger partial charge in [0.05, 0.1) is 11.6 Å². The monoisotopic (exact) mass is 356 g/mol. The van der Waals surface area contributed by atoms with Crippen molar-refractivity contribution in [1.82, 2.24) is 20.1 Å². The Morgan fingerprint density at radius 2 is 2.17 bits per heavy atom. The molecule has 1 atom stereocenters. The molecule has 0 aliphatic heterocycles. The van der Waals surface area contributed by atoms with E-state index in [1.807, 2.05) is 32.2 Å². The van der Waals surface area contributed by atoms with Crippen LogP contribution in [0.15, 0.2) is 30.6 Å². The first-order valence-electron chi connectivity index (χ1n) is 5.49. The lowest BCUT2D eigenvalue weighted by molar-refractivity contribution is 0.0937. The first kappa shape index (κ1) is 13.0. The van der Waals surface area contributed by atoms with Crippen LogP contribution >= 0.6 is 22.6 Å². The summed E-state index contributed by atoms with van der Waals surface area (Å²) in [5.74, 6) is 0.629. The van der Waals surface area contributed by atoms with Crippen LogP contribution in [0.3, 0.4) is 0 Å². The number of benzene rings is 1. The number of nitrogens with zero attached hydrogens (tertiary/aromatic N) is 3. The van der Waals surface area contributed by atoms with E-state index in [-0.39, 0.29) is 11.9 Å². The molecule has 0 aliphatic rings. The van der Waals surface area contributed by atoms with Crippen LogP contribution in [-0.4, -0.2) is 20.7 Å². The lowest BCUT2D eigenvalue weighted by Gasteiger charge is -2.13. The summed E-state index contributed by atoms with van der Waals surface area (Å²) in [6.07, 6.45) is 1.62. The predicted octanol–water partition coefficient (Wildman–Crippen LogP) is 1.91. The van der Waals surface area contributed by atoms with Crippen molar-refractivity contribution in [2.45, 2.75) is 13.0 Å². The van der Waals surface area contributed by atoms with Gasteiger partial charge in [-0.3, -0.25) is 4.79 Å². The first-order valence-corrected chi connectivity index (χ1v) is 6.56. The zero-order valence-corrected chi connectivity index (χ0v) is 12.2. The maximum Gasteiger partial charge on any atom is 0.252 e. The van der Waals surface area contributed by atoms with Crippen molar-refractivity contribution in [3.63, 3.8) is 0 Å². The molecule has 0 fully saturated rings. The van der Waals surface area contributed by atoms with Gasteiger partial charge in [0, 0.05) is 10.6 Å². The van der Waals surface area contributed by atoms with Crippen LogP contribution in [0, 0.1) is 3.57 Å². The number of amides is 1. The molecule has 94 valence electrons. The molecule has 1 unspecified atom stereocenters. The standard InChI is InChI=1S/C12H13IN4O/c1-8(11-16-14-7-17(11)2)15-12(18)9-5-3-4-6-10(9)13/h3-8H,1-2H3,(H,15,18). The van der Waals surface area contributed by atoms with Gasteiger partial charge in [-0.25, -0.2) is 0 Å². The van der Waals surface area contributed by atoms with Crippen LogP contribution in [-0.2, 0) is 7.05 Å². The highest BCUT2D eigenvalue weighted by molar-refractivity contribution is 14.1. The molecule has 0 spiro atoms. The van der Waals surface area contributed by atoms with Crippen LogP contribution in [0.25, 0.3) is 0 Å². The lowest BCUT2D eigenvalue weighted by atomic mass is 10.2. The van der Waals surface area contributed by atoms with Crippen LogP contribution in [0.4, 0.5) is 0 Å². The molecule has 0 saturated heterocycles. The summed E-state index contributed by atoms with van der Waals surface area (Å²) in [5.41, 5.74) is 0.673. The molecule has 1 aromatic carbocycles. The molecule has 0 saturated carbocycles. The Labute approximate surface area is 119 Å². The number of carbonyl (C=O) groups excluding carboxylic acids is 1. The number of nitrogens with one attached hydrogen (secondary N) is 1. The second-order valence-corrected chi connectivity index (χ2v) is 5.14. The summed E-state index contributed by atoms with van der Waals surface area (Å²) in [7, 11) is 1.85. The third kappa shape index (κ3) is 2.69. The maximum absolute atomic E-state index is 12.1. The van der Waals surface area contributed by atoms with Gasteiger partial charge >= 0.3 is 0 Å². The van der Waals surface area contributed by atoms with Crippen molar-refractivity contribution in [2.24, 2.45) is 7.05 Å². The Hall–Kier alpha value is -1.44. The van der Waals surface area contributed by atoms with Crippen molar-refractivity contribution in [1.29, 1.82) is 0 Å². The molecule has 0 bridgehead atoms. The summed E-state index contributed by atoms with van der Waals surface area (Å²) in [4.78, 5) is 12.1. The molecule has 1 aromatic heterocycles. The van der Waals surface area contributed by atoms with E-state index in [9.17, 15) is 4.79 Å². The highest BCUT2D eigenvalue weighted by atomic mass is 127.